The number of benzene rings is 2. The predicted molar refractivity (Wildman–Crippen MR) is 79.6 cm³/mol. The van der Waals surface area contributed by atoms with E-state index < -0.39 is 10.0 Å². The molecule has 0 fully saturated rings. The molecule has 0 saturated carbocycles. The Morgan fingerprint density at radius 1 is 1.10 bits per heavy atom. The van der Waals surface area contributed by atoms with Gasteiger partial charge >= 0.3 is 0 Å². The summed E-state index contributed by atoms with van der Waals surface area (Å²) in [5, 5.41) is 0.245. The van der Waals surface area contributed by atoms with Gasteiger partial charge in [0.15, 0.2) is 11.5 Å². The van der Waals surface area contributed by atoms with E-state index in [0.29, 0.717) is 11.5 Å². The molecule has 2 aromatic rings. The van der Waals surface area contributed by atoms with E-state index in [1.807, 2.05) is 6.92 Å². The van der Waals surface area contributed by atoms with Gasteiger partial charge < -0.3 is 9.47 Å². The molecule has 0 aromatic heterocycles. The first-order valence-corrected chi connectivity index (χ1v) is 8.01. The van der Waals surface area contributed by atoms with Crippen molar-refractivity contribution < 1.29 is 17.9 Å². The van der Waals surface area contributed by atoms with Gasteiger partial charge in [-0.1, -0.05) is 29.3 Å². The van der Waals surface area contributed by atoms with Crippen LogP contribution in [-0.4, -0.2) is 15.2 Å². The molecule has 21 heavy (non-hydrogen) atoms. The third-order valence-electron chi connectivity index (χ3n) is 3.06. The maximum Gasteiger partial charge on any atom is 0.262 e. The smallest absolute Gasteiger partial charge is 0.262 e. The van der Waals surface area contributed by atoms with Crippen LogP contribution in [0, 0.1) is 6.92 Å². The molecule has 0 saturated heterocycles. The third kappa shape index (κ3) is 2.64. The lowest BCUT2D eigenvalue weighted by Gasteiger charge is -2.12. The molecule has 1 aliphatic rings. The van der Waals surface area contributed by atoms with Crippen LogP contribution in [0.5, 0.6) is 11.5 Å². The first-order chi connectivity index (χ1) is 9.97. The number of anilines is 1. The molecular weight excluding hydrogens is 314 g/mol. The standard InChI is InChI=1S/C14H12ClNO4S/c1-9-2-4-10(5-3-9)21(17,18)16-13-11(15)6-7-12-14(13)20-8-19-12/h2-7,16H,8H2,1H3. The lowest BCUT2D eigenvalue weighted by molar-refractivity contribution is 0.174. The quantitative estimate of drug-likeness (QED) is 0.941. The Morgan fingerprint density at radius 2 is 1.81 bits per heavy atom. The molecule has 0 amide bonds. The number of ether oxygens (including phenoxy) is 2. The molecule has 5 nitrogen and oxygen atoms in total. The Balaban J connectivity index is 2.00. The number of hydrogen-bond donors (Lipinski definition) is 1. The minimum absolute atomic E-state index is 0.0366. The van der Waals surface area contributed by atoms with E-state index in [4.69, 9.17) is 21.1 Å². The highest BCUT2D eigenvalue weighted by molar-refractivity contribution is 7.92. The fourth-order valence-corrected chi connectivity index (χ4v) is 3.29. The molecule has 1 aliphatic heterocycles. The summed E-state index contributed by atoms with van der Waals surface area (Å²) in [7, 11) is -3.74. The van der Waals surface area contributed by atoms with Gasteiger partial charge in [-0.3, -0.25) is 4.72 Å². The highest BCUT2D eigenvalue weighted by Crippen LogP contribution is 2.44. The van der Waals surface area contributed by atoms with Crippen molar-refractivity contribution in [1.82, 2.24) is 0 Å². The van der Waals surface area contributed by atoms with Crippen LogP contribution in [0.2, 0.25) is 5.02 Å². The van der Waals surface area contributed by atoms with E-state index in [1.54, 1.807) is 24.3 Å². The number of aryl methyl sites for hydroxylation is 1. The lowest BCUT2D eigenvalue weighted by atomic mass is 10.2. The average molecular weight is 326 g/mol. The fraction of sp³-hybridized carbons (Fsp3) is 0.143. The molecule has 0 aliphatic carbocycles. The molecule has 0 spiro atoms. The summed E-state index contributed by atoms with van der Waals surface area (Å²) < 4.78 is 37.7. The highest BCUT2D eigenvalue weighted by atomic mass is 35.5. The van der Waals surface area contributed by atoms with Crippen LogP contribution in [0.25, 0.3) is 0 Å². The molecule has 0 atom stereocenters. The zero-order valence-electron chi connectivity index (χ0n) is 11.1. The summed E-state index contributed by atoms with van der Waals surface area (Å²) >= 11 is 6.06. The van der Waals surface area contributed by atoms with Crippen LogP contribution in [-0.2, 0) is 10.0 Å². The van der Waals surface area contributed by atoms with Gasteiger partial charge in [0.25, 0.3) is 10.0 Å². The zero-order chi connectivity index (χ0) is 15.0. The second-order valence-corrected chi connectivity index (χ2v) is 6.66. The second kappa shape index (κ2) is 5.13. The summed E-state index contributed by atoms with van der Waals surface area (Å²) in [6.45, 7) is 1.92. The average Bonchev–Trinajstić information content (AvgIpc) is 2.91. The lowest BCUT2D eigenvalue weighted by Crippen LogP contribution is -2.13. The fourth-order valence-electron chi connectivity index (χ4n) is 1.95. The van der Waals surface area contributed by atoms with E-state index >= 15 is 0 Å². The van der Waals surface area contributed by atoms with Gasteiger partial charge in [-0.25, -0.2) is 8.42 Å². The van der Waals surface area contributed by atoms with Crippen molar-refractivity contribution in [2.45, 2.75) is 11.8 Å². The molecule has 1 N–H and O–H groups in total. The number of sulfonamides is 1. The first-order valence-electron chi connectivity index (χ1n) is 6.15. The van der Waals surface area contributed by atoms with Gasteiger partial charge in [0, 0.05) is 0 Å². The number of halogens is 1. The van der Waals surface area contributed by atoms with Crippen LogP contribution in [0.15, 0.2) is 41.3 Å². The van der Waals surface area contributed by atoms with Gasteiger partial charge in [-0.2, -0.15) is 0 Å². The SMILES string of the molecule is Cc1ccc(S(=O)(=O)Nc2c(Cl)ccc3c2OCO3)cc1. The molecule has 2 aromatic carbocycles. The van der Waals surface area contributed by atoms with Crippen LogP contribution in [0.4, 0.5) is 5.69 Å². The minimum atomic E-state index is -3.74. The van der Waals surface area contributed by atoms with Crippen LogP contribution >= 0.6 is 11.6 Å². The van der Waals surface area contributed by atoms with Gasteiger partial charge in [0.2, 0.25) is 6.79 Å². The molecule has 7 heteroatoms. The number of fused-ring (bicyclic) bond motifs is 1. The Hall–Kier alpha value is -1.92. The van der Waals surface area contributed by atoms with Gasteiger partial charge in [0.05, 0.1) is 9.92 Å². The van der Waals surface area contributed by atoms with E-state index in [2.05, 4.69) is 4.72 Å². The molecule has 1 heterocycles. The normalized spacial score (nSPS) is 13.2. The third-order valence-corrected chi connectivity index (χ3v) is 4.74. The second-order valence-electron chi connectivity index (χ2n) is 4.57. The molecule has 3 rings (SSSR count). The Kier molecular flexibility index (Phi) is 3.43. The number of rotatable bonds is 3. The van der Waals surface area contributed by atoms with Crippen molar-refractivity contribution in [3.63, 3.8) is 0 Å². The van der Waals surface area contributed by atoms with Gasteiger partial charge in [0.1, 0.15) is 5.69 Å². The molecule has 0 radical (unpaired) electrons. The van der Waals surface area contributed by atoms with Crippen LogP contribution in [0.1, 0.15) is 5.56 Å². The Labute approximate surface area is 127 Å². The monoisotopic (exact) mass is 325 g/mol. The highest BCUT2D eigenvalue weighted by Gasteiger charge is 2.24. The molecule has 0 bridgehead atoms. The van der Waals surface area contributed by atoms with Crippen molar-refractivity contribution in [1.29, 1.82) is 0 Å². The van der Waals surface area contributed by atoms with Crippen molar-refractivity contribution in [2.75, 3.05) is 11.5 Å². The molecule has 0 unspecified atom stereocenters. The number of nitrogens with one attached hydrogen (secondary N) is 1. The van der Waals surface area contributed by atoms with Gasteiger partial charge in [-0.15, -0.1) is 0 Å². The minimum Gasteiger partial charge on any atom is -0.454 e. The maximum atomic E-state index is 12.4. The maximum absolute atomic E-state index is 12.4. The van der Waals surface area contributed by atoms with Gasteiger partial charge in [-0.05, 0) is 31.2 Å². The van der Waals surface area contributed by atoms with E-state index in [1.165, 1.54) is 12.1 Å². The number of hydrogen-bond acceptors (Lipinski definition) is 4. The predicted octanol–water partition coefficient (Wildman–Crippen LogP) is 3.18. The van der Waals surface area contributed by atoms with Crippen LogP contribution < -0.4 is 14.2 Å². The molecule has 110 valence electrons. The van der Waals surface area contributed by atoms with Crippen molar-refractivity contribution in [2.24, 2.45) is 0 Å². The topological polar surface area (TPSA) is 64.6 Å². The zero-order valence-corrected chi connectivity index (χ0v) is 12.7. The van der Waals surface area contributed by atoms with Crippen molar-refractivity contribution in [3.05, 3.63) is 47.0 Å². The largest absolute Gasteiger partial charge is 0.454 e. The summed E-state index contributed by atoms with van der Waals surface area (Å²) in [6.07, 6.45) is 0. The van der Waals surface area contributed by atoms with E-state index in [-0.39, 0.29) is 22.4 Å². The first kappa shape index (κ1) is 14.0. The Bertz CT molecular complexity index is 787. The summed E-state index contributed by atoms with van der Waals surface area (Å²) in [5.74, 6) is 0.763. The van der Waals surface area contributed by atoms with E-state index in [0.717, 1.165) is 5.56 Å². The molecular formula is C14H12ClNO4S. The summed E-state index contributed by atoms with van der Waals surface area (Å²) in [4.78, 5) is 0.153. The summed E-state index contributed by atoms with van der Waals surface area (Å²) in [6, 6.07) is 9.71. The van der Waals surface area contributed by atoms with Crippen molar-refractivity contribution >= 4 is 27.3 Å². The Morgan fingerprint density at radius 3 is 2.52 bits per heavy atom. The van der Waals surface area contributed by atoms with Crippen LogP contribution in [0.3, 0.4) is 0 Å². The van der Waals surface area contributed by atoms with Crippen molar-refractivity contribution in [3.8, 4) is 11.5 Å². The van der Waals surface area contributed by atoms with E-state index in [9.17, 15) is 8.42 Å². The summed E-state index contributed by atoms with van der Waals surface area (Å²) in [5.41, 5.74) is 1.16.